The molecule has 0 aliphatic carbocycles. The topological polar surface area (TPSA) is 38.3 Å². The van der Waals surface area contributed by atoms with Crippen LogP contribution in [0.25, 0.3) is 0 Å². The molecule has 0 unspecified atom stereocenters. The average molecular weight is 314 g/mol. The molecule has 0 aliphatic rings. The van der Waals surface area contributed by atoms with Gasteiger partial charge in [0.25, 0.3) is 0 Å². The Morgan fingerprint density at radius 3 is 2.56 bits per heavy atom. The molecule has 0 spiro atoms. The monoisotopic (exact) mass is 313 g/mol. The Morgan fingerprint density at radius 1 is 1.33 bits per heavy atom. The van der Waals surface area contributed by atoms with Crippen LogP contribution in [0, 0.1) is 0 Å². The van der Waals surface area contributed by atoms with E-state index in [0.29, 0.717) is 6.61 Å². The van der Waals surface area contributed by atoms with Crippen molar-refractivity contribution in [2.24, 2.45) is 0 Å². The Labute approximate surface area is 117 Å². The van der Waals surface area contributed by atoms with Gasteiger partial charge in [0.15, 0.2) is 0 Å². The molecule has 0 saturated carbocycles. The number of hydrogen-bond donors (Lipinski definition) is 1. The second kappa shape index (κ2) is 6.23. The maximum Gasteiger partial charge on any atom is 0.407 e. The number of carbonyl (C=O) groups excluding carboxylic acids is 1. The highest BCUT2D eigenvalue weighted by Gasteiger charge is 2.14. The lowest BCUT2D eigenvalue weighted by Crippen LogP contribution is -2.40. The first-order valence-electron chi connectivity index (χ1n) is 6.04. The Hall–Kier alpha value is -1.03. The molecule has 4 heteroatoms. The van der Waals surface area contributed by atoms with Gasteiger partial charge in [-0.15, -0.1) is 0 Å². The van der Waals surface area contributed by atoms with Gasteiger partial charge in [-0.05, 0) is 50.5 Å². The smallest absolute Gasteiger partial charge is 0.407 e. The van der Waals surface area contributed by atoms with Crippen LogP contribution in [0.4, 0.5) is 4.79 Å². The summed E-state index contributed by atoms with van der Waals surface area (Å²) in [5.41, 5.74) is 1.96. The largest absolute Gasteiger partial charge is 0.445 e. The molecule has 0 fully saturated rings. The van der Waals surface area contributed by atoms with Gasteiger partial charge in [0.2, 0.25) is 0 Å². The number of amides is 1. The number of benzene rings is 1. The zero-order valence-electron chi connectivity index (χ0n) is 11.3. The van der Waals surface area contributed by atoms with Crippen LogP contribution in [0.5, 0.6) is 0 Å². The summed E-state index contributed by atoms with van der Waals surface area (Å²) in [7, 11) is 0. The van der Waals surface area contributed by atoms with Gasteiger partial charge in [-0.1, -0.05) is 28.9 Å². The first-order chi connectivity index (χ1) is 8.31. The van der Waals surface area contributed by atoms with Crippen molar-refractivity contribution in [3.05, 3.63) is 33.8 Å². The lowest BCUT2D eigenvalue weighted by molar-refractivity contribution is 0.131. The highest BCUT2D eigenvalue weighted by Crippen LogP contribution is 2.18. The van der Waals surface area contributed by atoms with E-state index in [1.807, 2.05) is 32.9 Å². The molecule has 0 aromatic heterocycles. The highest BCUT2D eigenvalue weighted by molar-refractivity contribution is 9.10. The third-order valence-corrected chi connectivity index (χ3v) is 2.88. The number of rotatable bonds is 3. The van der Waals surface area contributed by atoms with Crippen LogP contribution in [0.2, 0.25) is 0 Å². The van der Waals surface area contributed by atoms with E-state index in [4.69, 9.17) is 4.74 Å². The first kappa shape index (κ1) is 15.0. The normalized spacial score (nSPS) is 11.2. The molecule has 0 radical (unpaired) electrons. The number of carbonyl (C=O) groups is 1. The summed E-state index contributed by atoms with van der Waals surface area (Å²) >= 11 is 3.44. The Bertz CT molecular complexity index is 424. The summed E-state index contributed by atoms with van der Waals surface area (Å²) in [5, 5.41) is 2.77. The molecule has 3 nitrogen and oxygen atoms in total. The first-order valence-corrected chi connectivity index (χ1v) is 6.83. The van der Waals surface area contributed by atoms with Gasteiger partial charge in [-0.3, -0.25) is 0 Å². The van der Waals surface area contributed by atoms with Gasteiger partial charge in [-0.25, -0.2) is 4.79 Å². The second-order valence-electron chi connectivity index (χ2n) is 5.22. The molecule has 100 valence electrons. The number of nitrogens with one attached hydrogen (secondary N) is 1. The van der Waals surface area contributed by atoms with E-state index >= 15 is 0 Å². The van der Waals surface area contributed by atoms with Crippen molar-refractivity contribution in [1.82, 2.24) is 5.32 Å². The third-order valence-electron chi connectivity index (χ3n) is 2.39. The SMILES string of the molecule is CCc1cc(Br)ccc1COC(=O)NC(C)(C)C. The Balaban J connectivity index is 2.61. The van der Waals surface area contributed by atoms with Crippen LogP contribution in [-0.4, -0.2) is 11.6 Å². The molecule has 1 aromatic rings. The molecule has 1 aromatic carbocycles. The molecule has 0 heterocycles. The van der Waals surface area contributed by atoms with E-state index in [9.17, 15) is 4.79 Å². The number of aryl methyl sites for hydroxylation is 1. The lowest BCUT2D eigenvalue weighted by Gasteiger charge is -2.20. The second-order valence-corrected chi connectivity index (χ2v) is 6.13. The average Bonchev–Trinajstić information content (AvgIpc) is 2.24. The van der Waals surface area contributed by atoms with Gasteiger partial charge >= 0.3 is 6.09 Å². The molecule has 0 bridgehead atoms. The highest BCUT2D eigenvalue weighted by atomic mass is 79.9. The van der Waals surface area contributed by atoms with Gasteiger partial charge in [0.1, 0.15) is 6.61 Å². The quantitative estimate of drug-likeness (QED) is 0.914. The number of hydrogen-bond acceptors (Lipinski definition) is 2. The maximum absolute atomic E-state index is 11.6. The Morgan fingerprint density at radius 2 is 2.00 bits per heavy atom. The molecule has 0 aliphatic heterocycles. The fraction of sp³-hybridized carbons (Fsp3) is 0.500. The summed E-state index contributed by atoms with van der Waals surface area (Å²) < 4.78 is 6.26. The van der Waals surface area contributed by atoms with E-state index in [2.05, 4.69) is 34.2 Å². The number of alkyl carbamates (subject to hydrolysis) is 1. The summed E-state index contributed by atoms with van der Waals surface area (Å²) in [6.07, 6.45) is 0.534. The van der Waals surface area contributed by atoms with Crippen molar-refractivity contribution in [2.75, 3.05) is 0 Å². The van der Waals surface area contributed by atoms with Crippen LogP contribution in [-0.2, 0) is 17.8 Å². The Kier molecular flexibility index (Phi) is 5.20. The fourth-order valence-corrected chi connectivity index (χ4v) is 1.96. The summed E-state index contributed by atoms with van der Waals surface area (Å²) in [5.74, 6) is 0. The van der Waals surface area contributed by atoms with Crippen molar-refractivity contribution in [1.29, 1.82) is 0 Å². The van der Waals surface area contributed by atoms with E-state index in [1.54, 1.807) is 0 Å². The molecule has 18 heavy (non-hydrogen) atoms. The van der Waals surface area contributed by atoms with Crippen molar-refractivity contribution in [3.63, 3.8) is 0 Å². The number of halogens is 1. The van der Waals surface area contributed by atoms with Crippen LogP contribution in [0.15, 0.2) is 22.7 Å². The van der Waals surface area contributed by atoms with Gasteiger partial charge in [0.05, 0.1) is 0 Å². The third kappa shape index (κ3) is 5.08. The van der Waals surface area contributed by atoms with E-state index < -0.39 is 0 Å². The van der Waals surface area contributed by atoms with Gasteiger partial charge in [0, 0.05) is 10.0 Å². The fourth-order valence-electron chi connectivity index (χ4n) is 1.55. The summed E-state index contributed by atoms with van der Waals surface area (Å²) in [6, 6.07) is 5.99. The van der Waals surface area contributed by atoms with Crippen molar-refractivity contribution in [2.45, 2.75) is 46.3 Å². The van der Waals surface area contributed by atoms with Crippen molar-refractivity contribution >= 4 is 22.0 Å². The minimum Gasteiger partial charge on any atom is -0.445 e. The number of ether oxygens (including phenoxy) is 1. The molecule has 1 N–H and O–H groups in total. The zero-order chi connectivity index (χ0) is 13.8. The zero-order valence-corrected chi connectivity index (χ0v) is 12.9. The van der Waals surface area contributed by atoms with Crippen LogP contribution in [0.3, 0.4) is 0 Å². The van der Waals surface area contributed by atoms with Crippen LogP contribution < -0.4 is 5.32 Å². The summed E-state index contributed by atoms with van der Waals surface area (Å²) in [4.78, 5) is 11.6. The van der Waals surface area contributed by atoms with E-state index in [0.717, 1.165) is 16.5 Å². The summed E-state index contributed by atoms with van der Waals surface area (Å²) in [6.45, 7) is 8.15. The lowest BCUT2D eigenvalue weighted by atomic mass is 10.1. The van der Waals surface area contributed by atoms with Crippen molar-refractivity contribution < 1.29 is 9.53 Å². The molecular formula is C14H20BrNO2. The van der Waals surface area contributed by atoms with Gasteiger partial charge in [-0.2, -0.15) is 0 Å². The molecule has 0 atom stereocenters. The molecular weight excluding hydrogens is 294 g/mol. The standard InChI is InChI=1S/C14H20BrNO2/c1-5-10-8-12(15)7-6-11(10)9-18-13(17)16-14(2,3)4/h6-8H,5,9H2,1-4H3,(H,16,17). The van der Waals surface area contributed by atoms with E-state index in [1.165, 1.54) is 5.56 Å². The predicted octanol–water partition coefficient (Wildman–Crippen LogP) is 4.04. The molecule has 1 amide bonds. The van der Waals surface area contributed by atoms with Crippen LogP contribution in [0.1, 0.15) is 38.8 Å². The minimum atomic E-state index is -0.382. The van der Waals surface area contributed by atoms with E-state index in [-0.39, 0.29) is 11.6 Å². The predicted molar refractivity (Wildman–Crippen MR) is 76.6 cm³/mol. The van der Waals surface area contributed by atoms with Crippen molar-refractivity contribution in [3.8, 4) is 0 Å². The molecule has 0 saturated heterocycles. The maximum atomic E-state index is 11.6. The van der Waals surface area contributed by atoms with Crippen LogP contribution >= 0.6 is 15.9 Å². The van der Waals surface area contributed by atoms with Gasteiger partial charge < -0.3 is 10.1 Å². The minimum absolute atomic E-state index is 0.273. The molecule has 1 rings (SSSR count).